The van der Waals surface area contributed by atoms with Gasteiger partial charge in [0.05, 0.1) is 0 Å². The van der Waals surface area contributed by atoms with Crippen molar-refractivity contribution in [2.75, 3.05) is 6.66 Å². The van der Waals surface area contributed by atoms with E-state index in [0.29, 0.717) is 0 Å². The van der Waals surface area contributed by atoms with Crippen molar-refractivity contribution in [3.63, 3.8) is 0 Å². The smallest absolute Gasteiger partial charge is 1.00 e. The van der Waals surface area contributed by atoms with E-state index in [1.807, 2.05) is 0 Å². The van der Waals surface area contributed by atoms with Crippen molar-refractivity contribution in [2.45, 2.75) is 35.0 Å². The maximum atomic E-state index is 2.60. The average Bonchev–Trinajstić information content (AvgIpc) is 3.16. The molecule has 0 N–H and O–H groups in total. The van der Waals surface area contributed by atoms with Gasteiger partial charge in [-0.3, -0.25) is 0 Å². The molecule has 4 heteroatoms. The molecular weight excluding hydrogens is 557 g/mol. The Morgan fingerprint density at radius 3 is 1.44 bits per heavy atom. The van der Waals surface area contributed by atoms with Gasteiger partial charge in [-0.1, -0.05) is 0 Å². The second-order valence-electron chi connectivity index (χ2n) is 7.78. The molecule has 0 nitrogen and oxygen atoms in total. The van der Waals surface area contributed by atoms with E-state index in [2.05, 4.69) is 70.8 Å². The number of rotatable bonds is 0. The molecule has 2 aromatic rings. The van der Waals surface area contributed by atoms with Crippen LogP contribution in [0.4, 0.5) is 0 Å². The minimum atomic E-state index is -0.894. The first-order valence-electron chi connectivity index (χ1n) is 9.10. The number of halogens is 2. The Morgan fingerprint density at radius 2 is 1.04 bits per heavy atom. The molecule has 1 saturated heterocycles. The Kier molecular flexibility index (Phi) is 6.03. The summed E-state index contributed by atoms with van der Waals surface area (Å²) in [5.74, 6) is 0. The predicted molar refractivity (Wildman–Crippen MR) is 106 cm³/mol. The van der Waals surface area contributed by atoms with Crippen LogP contribution in [-0.4, -0.2) is 6.66 Å². The zero-order valence-electron chi connectivity index (χ0n) is 16.3. The molecule has 0 aromatic heterocycles. The third-order valence-electron chi connectivity index (χ3n) is 6.31. The second-order valence-corrected chi connectivity index (χ2v) is 15.3. The summed E-state index contributed by atoms with van der Waals surface area (Å²) in [5, 5.41) is 3.60. The van der Waals surface area contributed by atoms with E-state index in [9.17, 15) is 0 Å². The quantitative estimate of drug-likeness (QED) is 0.318. The maximum absolute atomic E-state index is 2.60. The molecule has 1 aliphatic heterocycles. The fourth-order valence-corrected chi connectivity index (χ4v) is 19.2. The van der Waals surface area contributed by atoms with Crippen LogP contribution in [0.3, 0.4) is 0 Å². The van der Waals surface area contributed by atoms with Crippen molar-refractivity contribution in [1.29, 1.82) is 0 Å². The van der Waals surface area contributed by atoms with Gasteiger partial charge in [0, 0.05) is 0 Å². The number of aryl methyl sites for hydroxylation is 4. The fraction of sp³-hybridized carbons (Fsp3) is 0.304. The summed E-state index contributed by atoms with van der Waals surface area (Å²) in [6.45, 7) is 11.8. The van der Waals surface area contributed by atoms with Crippen molar-refractivity contribution < 1.29 is 47.7 Å². The summed E-state index contributed by atoms with van der Waals surface area (Å²) in [7, 11) is -0.144. The van der Waals surface area contributed by atoms with Crippen molar-refractivity contribution >= 4 is 20.1 Å². The molecule has 0 amide bonds. The molecule has 2 aromatic carbocycles. The van der Waals surface area contributed by atoms with Crippen LogP contribution in [0.15, 0.2) is 34.9 Å². The number of benzene rings is 2. The number of hydrogen-bond donors (Lipinski definition) is 0. The zero-order chi connectivity index (χ0) is 17.5. The van der Waals surface area contributed by atoms with Crippen LogP contribution in [0, 0.1) is 27.7 Å². The van der Waals surface area contributed by atoms with Gasteiger partial charge in [-0.2, -0.15) is 0 Å². The van der Waals surface area contributed by atoms with Crippen LogP contribution in [0.5, 0.6) is 0 Å². The first-order valence-corrected chi connectivity index (χ1v) is 15.0. The van der Waals surface area contributed by atoms with Crippen LogP contribution < -0.4 is 24.8 Å². The van der Waals surface area contributed by atoms with E-state index in [1.165, 1.54) is 22.3 Å². The number of hydrogen-bond acceptors (Lipinski definition) is 0. The predicted octanol–water partition coefficient (Wildman–Crippen LogP) is 0.627. The van der Waals surface area contributed by atoms with Crippen LogP contribution in [-0.2, 0) is 22.9 Å². The molecule has 3 aliphatic rings. The molecule has 138 valence electrons. The van der Waals surface area contributed by atoms with Gasteiger partial charge in [0.15, 0.2) is 0 Å². The molecule has 2 atom stereocenters. The van der Waals surface area contributed by atoms with Crippen molar-refractivity contribution in [2.24, 2.45) is 0 Å². The Labute approximate surface area is 187 Å². The third-order valence-corrected chi connectivity index (χ3v) is 17.1. The third kappa shape index (κ3) is 3.00. The summed E-state index contributed by atoms with van der Waals surface area (Å²) in [6, 6.07) is 9.35. The number of fused-ring (bicyclic) bond motifs is 6. The van der Waals surface area contributed by atoms with Gasteiger partial charge < -0.3 is 24.8 Å². The monoisotopic (exact) mass is 580 g/mol. The zero-order valence-corrected chi connectivity index (χ0v) is 22.3. The topological polar surface area (TPSA) is 0 Å². The largest absolute Gasteiger partial charge is 1.00 e. The Morgan fingerprint density at radius 1 is 0.667 bits per heavy atom. The van der Waals surface area contributed by atoms with Crippen LogP contribution >= 0.6 is 7.92 Å². The van der Waals surface area contributed by atoms with E-state index >= 15 is 0 Å². The maximum Gasteiger partial charge on any atom is -1.00 e. The molecule has 2 aliphatic carbocycles. The Hall–Kier alpha value is -0.200. The molecule has 0 bridgehead atoms. The molecule has 2 unspecified atom stereocenters. The normalized spacial score (nSPS) is 23.2. The van der Waals surface area contributed by atoms with Crippen LogP contribution in [0.25, 0.3) is 12.2 Å². The molecule has 0 spiro atoms. The Balaban J connectivity index is 0.00000105. The van der Waals surface area contributed by atoms with Gasteiger partial charge in [0.2, 0.25) is 0 Å². The van der Waals surface area contributed by atoms with E-state index in [0.717, 1.165) is 7.35 Å². The molecular formula is C23H23Cl2HfP. The van der Waals surface area contributed by atoms with E-state index in [4.69, 9.17) is 0 Å². The van der Waals surface area contributed by atoms with Crippen LogP contribution in [0.2, 0.25) is 0 Å². The van der Waals surface area contributed by atoms with Gasteiger partial charge in [-0.05, 0) is 0 Å². The summed E-state index contributed by atoms with van der Waals surface area (Å²) in [5.41, 5.74) is 12.6. The van der Waals surface area contributed by atoms with Gasteiger partial charge in [0.25, 0.3) is 0 Å². The molecule has 1 fully saturated rings. The fourth-order valence-electron chi connectivity index (χ4n) is 4.85. The van der Waals surface area contributed by atoms with Gasteiger partial charge in [0.1, 0.15) is 0 Å². The molecule has 5 rings (SSSR count). The summed E-state index contributed by atoms with van der Waals surface area (Å²) >= 11 is -0.894. The average molecular weight is 580 g/mol. The minimum Gasteiger partial charge on any atom is -1.00 e. The van der Waals surface area contributed by atoms with Gasteiger partial charge >= 0.3 is 164 Å². The van der Waals surface area contributed by atoms with Gasteiger partial charge in [-0.15, -0.1) is 0 Å². The van der Waals surface area contributed by atoms with Crippen molar-refractivity contribution in [3.05, 3.63) is 79.4 Å². The molecule has 0 saturated carbocycles. The molecule has 0 radical (unpaired) electrons. The molecule has 27 heavy (non-hydrogen) atoms. The number of allylic oxidation sites excluding steroid dienone is 2. The van der Waals surface area contributed by atoms with Gasteiger partial charge in [-0.25, -0.2) is 0 Å². The Bertz CT molecular complexity index is 926. The summed E-state index contributed by atoms with van der Waals surface area (Å²) in [4.78, 5) is 0. The van der Waals surface area contributed by atoms with E-state index in [1.54, 1.807) is 32.9 Å². The minimum absolute atomic E-state index is 0. The van der Waals surface area contributed by atoms with E-state index < -0.39 is 22.9 Å². The van der Waals surface area contributed by atoms with E-state index in [-0.39, 0.29) is 32.7 Å². The SMILES string of the molecule is Cc1ccc(C)c2c1C=C1[CH]2[Hf+2][CH]2C(=Cc3c(C)ccc(C)c32)P1C.[Cl-].[Cl-]. The second kappa shape index (κ2) is 7.56. The van der Waals surface area contributed by atoms with Crippen molar-refractivity contribution in [1.82, 2.24) is 0 Å². The first kappa shape index (κ1) is 21.5. The first-order chi connectivity index (χ1) is 12.0. The molecule has 1 heterocycles. The van der Waals surface area contributed by atoms with Crippen molar-refractivity contribution in [3.8, 4) is 0 Å². The van der Waals surface area contributed by atoms with Crippen LogP contribution in [0.1, 0.15) is 51.9 Å². The summed E-state index contributed by atoms with van der Waals surface area (Å²) < 4.78 is 1.66. The summed E-state index contributed by atoms with van der Waals surface area (Å²) in [6.07, 6.45) is 5.20. The standard InChI is InChI=1S/C23H23P.2ClH.Hf/c1-14-6-7-15(2)21-11-18(10-20(14)21)24(5)19-12-22-16(3)8-9-17(4)23(22)13-19;;;/h6-13H,1-5H3;2*1H;/q;;;+2/p-2.